The first-order valence-corrected chi connectivity index (χ1v) is 10.4. The Morgan fingerprint density at radius 3 is 2.65 bits per heavy atom. The lowest BCUT2D eigenvalue weighted by molar-refractivity contribution is 0.289. The number of aryl methyl sites for hydroxylation is 2. The molecular weight excluding hydrogens is 342 g/mol. The van der Waals surface area contributed by atoms with Gasteiger partial charge in [0.1, 0.15) is 10.7 Å². The quantitative estimate of drug-likeness (QED) is 0.662. The van der Waals surface area contributed by atoms with Crippen LogP contribution in [-0.2, 0) is 19.4 Å². The summed E-state index contributed by atoms with van der Waals surface area (Å²) in [5.74, 6) is 0.801. The van der Waals surface area contributed by atoms with E-state index in [1.165, 1.54) is 10.4 Å². The van der Waals surface area contributed by atoms with E-state index in [4.69, 9.17) is 4.98 Å². The molecule has 0 saturated carbocycles. The van der Waals surface area contributed by atoms with Gasteiger partial charge in [0.25, 0.3) is 5.56 Å². The standard InChI is InChI=1S/C21H25N3OS/c1-3-23(4-2)13-14-24-19(15-9-6-5-7-10-15)22-20-18(21(24)25)16-11-8-12-17(16)26-20/h5-7,9-10H,3-4,8,11-14H2,1-2H3. The number of rotatable bonds is 6. The molecule has 1 aliphatic rings. The van der Waals surface area contributed by atoms with E-state index < -0.39 is 0 Å². The Hall–Kier alpha value is -1.98. The van der Waals surface area contributed by atoms with Crippen molar-refractivity contribution in [1.29, 1.82) is 0 Å². The Morgan fingerprint density at radius 2 is 1.92 bits per heavy atom. The van der Waals surface area contributed by atoms with Crippen molar-refractivity contribution in [2.45, 2.75) is 39.7 Å². The second kappa shape index (κ2) is 7.33. The fraction of sp³-hybridized carbons (Fsp3) is 0.429. The van der Waals surface area contributed by atoms with Crippen LogP contribution < -0.4 is 5.56 Å². The minimum Gasteiger partial charge on any atom is -0.302 e. The third-order valence-electron chi connectivity index (χ3n) is 5.39. The number of nitrogens with zero attached hydrogens (tertiary/aromatic N) is 3. The highest BCUT2D eigenvalue weighted by Gasteiger charge is 2.23. The van der Waals surface area contributed by atoms with Crippen molar-refractivity contribution in [3.8, 4) is 11.4 Å². The Kier molecular flexibility index (Phi) is 4.92. The van der Waals surface area contributed by atoms with Gasteiger partial charge in [-0.05, 0) is 37.9 Å². The van der Waals surface area contributed by atoms with Gasteiger partial charge in [-0.1, -0.05) is 44.2 Å². The van der Waals surface area contributed by atoms with Gasteiger partial charge in [0.2, 0.25) is 0 Å². The van der Waals surface area contributed by atoms with Gasteiger partial charge in [0, 0.05) is 23.5 Å². The summed E-state index contributed by atoms with van der Waals surface area (Å²) in [6.45, 7) is 7.87. The molecule has 0 bridgehead atoms. The number of fused-ring (bicyclic) bond motifs is 3. The minimum atomic E-state index is 0.139. The van der Waals surface area contributed by atoms with Gasteiger partial charge in [-0.15, -0.1) is 11.3 Å². The minimum absolute atomic E-state index is 0.139. The van der Waals surface area contributed by atoms with Crippen LogP contribution in [0.15, 0.2) is 35.1 Å². The lowest BCUT2D eigenvalue weighted by atomic mass is 10.1. The molecule has 4 nitrogen and oxygen atoms in total. The molecule has 1 aromatic carbocycles. The number of hydrogen-bond donors (Lipinski definition) is 0. The van der Waals surface area contributed by atoms with Gasteiger partial charge >= 0.3 is 0 Å². The van der Waals surface area contributed by atoms with E-state index in [2.05, 4.69) is 18.7 Å². The van der Waals surface area contributed by atoms with E-state index in [0.29, 0.717) is 6.54 Å². The van der Waals surface area contributed by atoms with Crippen molar-refractivity contribution in [3.63, 3.8) is 0 Å². The average molecular weight is 368 g/mol. The summed E-state index contributed by atoms with van der Waals surface area (Å²) >= 11 is 1.72. The predicted octanol–water partition coefficient (Wildman–Crippen LogP) is 3.96. The zero-order valence-corrected chi connectivity index (χ0v) is 16.3. The zero-order chi connectivity index (χ0) is 18.1. The molecule has 0 amide bonds. The summed E-state index contributed by atoms with van der Waals surface area (Å²) in [7, 11) is 0. The topological polar surface area (TPSA) is 38.1 Å². The van der Waals surface area contributed by atoms with Crippen LogP contribution in [0.1, 0.15) is 30.7 Å². The lowest BCUT2D eigenvalue weighted by Gasteiger charge is -2.20. The second-order valence-electron chi connectivity index (χ2n) is 6.82. The van der Waals surface area contributed by atoms with E-state index in [1.807, 2.05) is 34.9 Å². The molecule has 0 spiro atoms. The number of hydrogen-bond acceptors (Lipinski definition) is 4. The fourth-order valence-corrected chi connectivity index (χ4v) is 5.12. The smallest absolute Gasteiger partial charge is 0.262 e. The largest absolute Gasteiger partial charge is 0.302 e. The van der Waals surface area contributed by atoms with E-state index in [-0.39, 0.29) is 5.56 Å². The van der Waals surface area contributed by atoms with E-state index in [9.17, 15) is 4.79 Å². The van der Waals surface area contributed by atoms with Crippen LogP contribution in [0, 0.1) is 0 Å². The highest BCUT2D eigenvalue weighted by molar-refractivity contribution is 7.18. The molecule has 2 heterocycles. The van der Waals surface area contributed by atoms with Crippen LogP contribution in [0.5, 0.6) is 0 Å². The maximum absolute atomic E-state index is 13.4. The Labute approximate surface area is 158 Å². The highest BCUT2D eigenvalue weighted by Crippen LogP contribution is 2.35. The molecule has 0 saturated heterocycles. The Bertz CT molecular complexity index is 970. The van der Waals surface area contributed by atoms with Crippen molar-refractivity contribution in [1.82, 2.24) is 14.5 Å². The first kappa shape index (κ1) is 17.4. The van der Waals surface area contributed by atoms with Gasteiger partial charge in [-0.2, -0.15) is 0 Å². The van der Waals surface area contributed by atoms with Crippen molar-refractivity contribution >= 4 is 21.6 Å². The lowest BCUT2D eigenvalue weighted by Crippen LogP contribution is -2.32. The molecule has 0 atom stereocenters. The Morgan fingerprint density at radius 1 is 1.15 bits per heavy atom. The van der Waals surface area contributed by atoms with Crippen LogP contribution in [-0.4, -0.2) is 34.1 Å². The molecule has 0 unspecified atom stereocenters. The van der Waals surface area contributed by atoms with Gasteiger partial charge in [0.15, 0.2) is 0 Å². The highest BCUT2D eigenvalue weighted by atomic mass is 32.1. The molecular formula is C21H25N3OS. The van der Waals surface area contributed by atoms with E-state index >= 15 is 0 Å². The third kappa shape index (κ3) is 2.99. The monoisotopic (exact) mass is 367 g/mol. The fourth-order valence-electron chi connectivity index (χ4n) is 3.87. The van der Waals surface area contributed by atoms with Gasteiger partial charge in [-0.3, -0.25) is 9.36 Å². The molecule has 1 aliphatic carbocycles. The maximum atomic E-state index is 13.4. The van der Waals surface area contributed by atoms with Gasteiger partial charge < -0.3 is 4.90 Å². The normalized spacial score (nSPS) is 13.7. The summed E-state index contributed by atoms with van der Waals surface area (Å²) in [4.78, 5) is 23.0. The molecule has 0 aliphatic heterocycles. The number of benzene rings is 1. The first-order chi connectivity index (χ1) is 12.7. The molecule has 136 valence electrons. The van der Waals surface area contributed by atoms with Gasteiger partial charge in [0.05, 0.1) is 5.39 Å². The maximum Gasteiger partial charge on any atom is 0.262 e. The molecule has 26 heavy (non-hydrogen) atoms. The number of likely N-dealkylation sites (N-methyl/N-ethyl adjacent to an activating group) is 1. The SMILES string of the molecule is CCN(CC)CCn1c(-c2ccccc2)nc2sc3c(c2c1=O)CCC3. The van der Waals surface area contributed by atoms with Crippen LogP contribution >= 0.6 is 11.3 Å². The third-order valence-corrected chi connectivity index (χ3v) is 6.58. The first-order valence-electron chi connectivity index (χ1n) is 9.55. The van der Waals surface area contributed by atoms with E-state index in [0.717, 1.165) is 60.5 Å². The zero-order valence-electron chi connectivity index (χ0n) is 15.5. The number of thiophene rings is 1. The van der Waals surface area contributed by atoms with E-state index in [1.54, 1.807) is 11.3 Å². The number of aromatic nitrogens is 2. The molecule has 0 N–H and O–H groups in total. The van der Waals surface area contributed by atoms with Crippen molar-refractivity contribution in [3.05, 3.63) is 51.1 Å². The average Bonchev–Trinajstić information content (AvgIpc) is 3.25. The summed E-state index contributed by atoms with van der Waals surface area (Å²) in [6, 6.07) is 10.1. The van der Waals surface area contributed by atoms with Crippen LogP contribution in [0.2, 0.25) is 0 Å². The van der Waals surface area contributed by atoms with Crippen molar-refractivity contribution in [2.24, 2.45) is 0 Å². The predicted molar refractivity (Wildman–Crippen MR) is 109 cm³/mol. The van der Waals surface area contributed by atoms with Crippen LogP contribution in [0.3, 0.4) is 0 Å². The van der Waals surface area contributed by atoms with Crippen LogP contribution in [0.4, 0.5) is 0 Å². The van der Waals surface area contributed by atoms with Crippen molar-refractivity contribution < 1.29 is 0 Å². The molecule has 2 aromatic heterocycles. The van der Waals surface area contributed by atoms with Crippen LogP contribution in [0.25, 0.3) is 21.6 Å². The summed E-state index contributed by atoms with van der Waals surface area (Å²) in [6.07, 6.45) is 3.28. The summed E-state index contributed by atoms with van der Waals surface area (Å²) in [5.41, 5.74) is 2.42. The second-order valence-corrected chi connectivity index (χ2v) is 7.91. The van der Waals surface area contributed by atoms with Crippen molar-refractivity contribution in [2.75, 3.05) is 19.6 Å². The Balaban J connectivity index is 1.87. The summed E-state index contributed by atoms with van der Waals surface area (Å²) in [5, 5.41) is 0.877. The molecule has 4 rings (SSSR count). The molecule has 3 aromatic rings. The molecule has 5 heteroatoms. The summed E-state index contributed by atoms with van der Waals surface area (Å²) < 4.78 is 1.90. The van der Waals surface area contributed by atoms with Gasteiger partial charge in [-0.25, -0.2) is 4.98 Å². The molecule has 0 fully saturated rings. The molecule has 0 radical (unpaired) electrons.